The Kier molecular flexibility index (Phi) is 5.28. The average Bonchev–Trinajstić information content (AvgIpc) is 3.18. The molecular weight excluding hydrogens is 304 g/mol. The SMILES string of the molecule is CC1=CC(n2cccc2C2=C(C)C=C(C)C2)=C(C/C=C\C=C/N)CC1. The van der Waals surface area contributed by atoms with E-state index >= 15 is 0 Å². The second-order valence-corrected chi connectivity index (χ2v) is 7.09. The van der Waals surface area contributed by atoms with Crippen molar-refractivity contribution in [2.45, 2.75) is 46.5 Å². The first-order valence-electron chi connectivity index (χ1n) is 9.07. The Hall–Kier alpha value is -2.48. The van der Waals surface area contributed by atoms with Gasteiger partial charge in [-0.05, 0) is 93.7 Å². The molecule has 2 nitrogen and oxygen atoms in total. The summed E-state index contributed by atoms with van der Waals surface area (Å²) in [6.07, 6.45) is 18.9. The maximum atomic E-state index is 5.42. The van der Waals surface area contributed by atoms with Crippen molar-refractivity contribution in [3.05, 3.63) is 82.9 Å². The molecule has 1 aromatic rings. The molecule has 0 fully saturated rings. The van der Waals surface area contributed by atoms with E-state index in [-0.39, 0.29) is 0 Å². The molecule has 1 heterocycles. The van der Waals surface area contributed by atoms with Crippen molar-refractivity contribution >= 4 is 11.3 Å². The van der Waals surface area contributed by atoms with Gasteiger partial charge in [0.15, 0.2) is 0 Å². The van der Waals surface area contributed by atoms with Crippen molar-refractivity contribution in [2.24, 2.45) is 5.73 Å². The number of hydrogen-bond acceptors (Lipinski definition) is 1. The van der Waals surface area contributed by atoms with Gasteiger partial charge in [0.05, 0.1) is 0 Å². The van der Waals surface area contributed by atoms with Crippen molar-refractivity contribution in [1.82, 2.24) is 4.57 Å². The van der Waals surface area contributed by atoms with E-state index in [1.54, 1.807) is 6.20 Å². The van der Waals surface area contributed by atoms with Crippen molar-refractivity contribution in [1.29, 1.82) is 0 Å². The molecule has 0 amide bonds. The lowest BCUT2D eigenvalue weighted by atomic mass is 9.94. The van der Waals surface area contributed by atoms with Crippen molar-refractivity contribution in [3.8, 4) is 0 Å². The monoisotopic (exact) mass is 332 g/mol. The fourth-order valence-electron chi connectivity index (χ4n) is 3.74. The Morgan fingerprint density at radius 1 is 1.08 bits per heavy atom. The highest BCUT2D eigenvalue weighted by molar-refractivity contribution is 5.78. The van der Waals surface area contributed by atoms with Crippen molar-refractivity contribution in [2.75, 3.05) is 0 Å². The maximum absolute atomic E-state index is 5.42. The van der Waals surface area contributed by atoms with Gasteiger partial charge in [0.2, 0.25) is 0 Å². The highest BCUT2D eigenvalue weighted by atomic mass is 15.0. The first kappa shape index (κ1) is 17.3. The lowest BCUT2D eigenvalue weighted by Gasteiger charge is -2.21. The van der Waals surface area contributed by atoms with Crippen LogP contribution in [-0.4, -0.2) is 4.57 Å². The number of hydrogen-bond donors (Lipinski definition) is 1. The van der Waals surface area contributed by atoms with Gasteiger partial charge in [0, 0.05) is 17.6 Å². The fourth-order valence-corrected chi connectivity index (χ4v) is 3.74. The third-order valence-corrected chi connectivity index (χ3v) is 5.00. The van der Waals surface area contributed by atoms with Gasteiger partial charge < -0.3 is 10.3 Å². The Bertz CT molecular complexity index is 835. The minimum absolute atomic E-state index is 0.969. The summed E-state index contributed by atoms with van der Waals surface area (Å²) < 4.78 is 2.38. The highest BCUT2D eigenvalue weighted by Crippen LogP contribution is 2.37. The first-order chi connectivity index (χ1) is 12.1. The Morgan fingerprint density at radius 3 is 2.64 bits per heavy atom. The third-order valence-electron chi connectivity index (χ3n) is 5.00. The zero-order valence-corrected chi connectivity index (χ0v) is 15.5. The van der Waals surface area contributed by atoms with Gasteiger partial charge in [0.25, 0.3) is 0 Å². The first-order valence-corrected chi connectivity index (χ1v) is 9.07. The fraction of sp³-hybridized carbons (Fsp3) is 0.304. The van der Waals surface area contributed by atoms with Gasteiger partial charge in [-0.2, -0.15) is 0 Å². The zero-order chi connectivity index (χ0) is 17.8. The molecule has 3 rings (SSSR count). The van der Waals surface area contributed by atoms with Crippen LogP contribution in [0.1, 0.15) is 52.1 Å². The zero-order valence-electron chi connectivity index (χ0n) is 15.5. The van der Waals surface area contributed by atoms with Crippen molar-refractivity contribution in [3.63, 3.8) is 0 Å². The number of nitrogens with two attached hydrogens (primary N) is 1. The van der Waals surface area contributed by atoms with Crippen LogP contribution in [0, 0.1) is 0 Å². The molecule has 0 saturated heterocycles. The molecule has 0 radical (unpaired) electrons. The molecule has 0 unspecified atom stereocenters. The lowest BCUT2D eigenvalue weighted by Crippen LogP contribution is -2.06. The number of nitrogens with zero attached hydrogens (tertiary/aromatic N) is 1. The average molecular weight is 332 g/mol. The summed E-state index contributed by atoms with van der Waals surface area (Å²) in [7, 11) is 0. The Morgan fingerprint density at radius 2 is 1.92 bits per heavy atom. The van der Waals surface area contributed by atoms with E-state index < -0.39 is 0 Å². The van der Waals surface area contributed by atoms with E-state index in [1.807, 2.05) is 12.2 Å². The van der Waals surface area contributed by atoms with Gasteiger partial charge in [0.1, 0.15) is 0 Å². The molecule has 0 saturated carbocycles. The number of aromatic nitrogens is 1. The molecule has 25 heavy (non-hydrogen) atoms. The van der Waals surface area contributed by atoms with E-state index in [4.69, 9.17) is 5.73 Å². The van der Waals surface area contributed by atoms with E-state index in [0.717, 1.165) is 25.7 Å². The predicted molar refractivity (Wildman–Crippen MR) is 109 cm³/mol. The molecule has 2 aliphatic rings. The number of allylic oxidation sites excluding steroid dienone is 11. The molecule has 1 aromatic heterocycles. The highest BCUT2D eigenvalue weighted by Gasteiger charge is 2.19. The summed E-state index contributed by atoms with van der Waals surface area (Å²) in [4.78, 5) is 0. The van der Waals surface area contributed by atoms with Crippen LogP contribution in [0.4, 0.5) is 0 Å². The second-order valence-electron chi connectivity index (χ2n) is 7.09. The minimum atomic E-state index is 0.969. The number of rotatable bonds is 5. The second kappa shape index (κ2) is 7.60. The molecule has 2 aliphatic carbocycles. The summed E-state index contributed by atoms with van der Waals surface area (Å²) >= 11 is 0. The van der Waals surface area contributed by atoms with E-state index in [1.165, 1.54) is 39.3 Å². The summed E-state index contributed by atoms with van der Waals surface area (Å²) in [6.45, 7) is 6.68. The lowest BCUT2D eigenvalue weighted by molar-refractivity contribution is 0.861. The standard InChI is InChI=1S/C23H28N2/c1-17-10-11-20(8-5-4-6-12-24)23(16-17)25-13-7-9-22(25)21-15-18(2)14-19(21)3/h4-7,9,12-14,16H,8,10-11,15,24H2,1-3H3/b5-4-,12-6-. The molecule has 0 atom stereocenters. The van der Waals surface area contributed by atoms with Crippen LogP contribution in [0.5, 0.6) is 0 Å². The van der Waals surface area contributed by atoms with Crippen molar-refractivity contribution < 1.29 is 0 Å². The molecule has 2 N–H and O–H groups in total. The van der Waals surface area contributed by atoms with Crippen LogP contribution in [0.2, 0.25) is 0 Å². The molecule has 0 spiro atoms. The van der Waals surface area contributed by atoms with Gasteiger partial charge in [-0.25, -0.2) is 0 Å². The van der Waals surface area contributed by atoms with E-state index in [2.05, 4.69) is 61.9 Å². The largest absolute Gasteiger partial charge is 0.405 e. The molecule has 0 bridgehead atoms. The third kappa shape index (κ3) is 3.79. The van der Waals surface area contributed by atoms with Crippen LogP contribution < -0.4 is 5.73 Å². The Labute approximate surface area is 151 Å². The summed E-state index contributed by atoms with van der Waals surface area (Å²) in [5.41, 5.74) is 15.3. The molecule has 0 aromatic carbocycles. The minimum Gasteiger partial charge on any atom is -0.405 e. The summed E-state index contributed by atoms with van der Waals surface area (Å²) in [6, 6.07) is 4.42. The predicted octanol–water partition coefficient (Wildman–Crippen LogP) is 5.98. The van der Waals surface area contributed by atoms with Gasteiger partial charge in [-0.3, -0.25) is 0 Å². The van der Waals surface area contributed by atoms with E-state index in [9.17, 15) is 0 Å². The van der Waals surface area contributed by atoms with Crippen LogP contribution in [0.15, 0.2) is 77.2 Å². The van der Waals surface area contributed by atoms with Crippen LogP contribution in [-0.2, 0) is 0 Å². The topological polar surface area (TPSA) is 30.9 Å². The van der Waals surface area contributed by atoms with Crippen LogP contribution >= 0.6 is 0 Å². The molecule has 0 aliphatic heterocycles. The van der Waals surface area contributed by atoms with Crippen LogP contribution in [0.25, 0.3) is 11.3 Å². The smallest absolute Gasteiger partial charge is 0.0493 e. The quantitative estimate of drug-likeness (QED) is 0.660. The molecule has 2 heteroatoms. The van der Waals surface area contributed by atoms with Gasteiger partial charge >= 0.3 is 0 Å². The van der Waals surface area contributed by atoms with Gasteiger partial charge in [-0.1, -0.05) is 29.4 Å². The molecule has 130 valence electrons. The maximum Gasteiger partial charge on any atom is 0.0493 e. The van der Waals surface area contributed by atoms with E-state index in [0.29, 0.717) is 0 Å². The van der Waals surface area contributed by atoms with Crippen LogP contribution in [0.3, 0.4) is 0 Å². The van der Waals surface area contributed by atoms with Gasteiger partial charge in [-0.15, -0.1) is 0 Å². The molecular formula is C23H28N2. The normalized spacial score (nSPS) is 18.7. The summed E-state index contributed by atoms with van der Waals surface area (Å²) in [5, 5.41) is 0. The Balaban J connectivity index is 2.00. The summed E-state index contributed by atoms with van der Waals surface area (Å²) in [5.74, 6) is 0.